The lowest BCUT2D eigenvalue weighted by Gasteiger charge is -2.17. The molecule has 1 aromatic heterocycles. The molecule has 0 radical (unpaired) electrons. The molecule has 0 bridgehead atoms. The van der Waals surface area contributed by atoms with E-state index in [4.69, 9.17) is 0 Å². The van der Waals surface area contributed by atoms with E-state index in [0.717, 1.165) is 30.7 Å². The third-order valence-electron chi connectivity index (χ3n) is 3.27. The van der Waals surface area contributed by atoms with Crippen LogP contribution in [0.4, 0.5) is 5.82 Å². The number of nitrogens with zero attached hydrogens (tertiary/aromatic N) is 3. The second-order valence-electron chi connectivity index (χ2n) is 4.17. The summed E-state index contributed by atoms with van der Waals surface area (Å²) in [7, 11) is 0. The summed E-state index contributed by atoms with van der Waals surface area (Å²) in [5, 5.41) is 11.5. The van der Waals surface area contributed by atoms with Crippen molar-refractivity contribution in [2.45, 2.75) is 0 Å². The van der Waals surface area contributed by atoms with E-state index in [1.54, 1.807) is 6.20 Å². The lowest BCUT2D eigenvalue weighted by molar-refractivity contribution is 0.533. The Morgan fingerprint density at radius 2 is 2.07 bits per heavy atom. The first-order valence-corrected chi connectivity index (χ1v) is 5.17. The molecule has 2 fully saturated rings. The smallest absolute Gasteiger partial charge is 0.151 e. The average molecular weight is 190 g/mol. The van der Waals surface area contributed by atoms with E-state index >= 15 is 0 Å². The number of fused-ring (bicyclic) bond motifs is 1. The summed E-state index contributed by atoms with van der Waals surface area (Å²) in [5.74, 6) is 2.66. The number of anilines is 1. The Balaban J connectivity index is 1.77. The maximum atomic E-state index is 4.14. The van der Waals surface area contributed by atoms with Crippen molar-refractivity contribution in [2.24, 2.45) is 11.8 Å². The van der Waals surface area contributed by atoms with Crippen molar-refractivity contribution in [1.29, 1.82) is 0 Å². The van der Waals surface area contributed by atoms with E-state index in [-0.39, 0.29) is 0 Å². The molecule has 74 valence electrons. The number of rotatable bonds is 1. The SMILES string of the molecule is c1cnnc(N2C[C@H]3CNC[C@H]3C2)c1. The third kappa shape index (κ3) is 1.26. The molecule has 2 aliphatic heterocycles. The summed E-state index contributed by atoms with van der Waals surface area (Å²) in [6.45, 7) is 4.61. The minimum absolute atomic E-state index is 0.817. The van der Waals surface area contributed by atoms with Crippen molar-refractivity contribution >= 4 is 5.82 Å². The van der Waals surface area contributed by atoms with Gasteiger partial charge in [-0.1, -0.05) is 0 Å². The van der Waals surface area contributed by atoms with Crippen LogP contribution in [0.2, 0.25) is 0 Å². The summed E-state index contributed by atoms with van der Waals surface area (Å²) >= 11 is 0. The number of nitrogens with one attached hydrogen (secondary N) is 1. The van der Waals surface area contributed by atoms with Crippen LogP contribution in [-0.2, 0) is 0 Å². The van der Waals surface area contributed by atoms with Gasteiger partial charge in [-0.3, -0.25) is 0 Å². The Labute approximate surface area is 83.3 Å². The summed E-state index contributed by atoms with van der Waals surface area (Å²) in [4.78, 5) is 2.35. The fourth-order valence-electron chi connectivity index (χ4n) is 2.50. The molecule has 2 aliphatic rings. The van der Waals surface area contributed by atoms with Crippen LogP contribution in [-0.4, -0.2) is 36.4 Å². The van der Waals surface area contributed by atoms with Crippen molar-refractivity contribution in [3.63, 3.8) is 0 Å². The summed E-state index contributed by atoms with van der Waals surface area (Å²) in [5.41, 5.74) is 0. The molecular weight excluding hydrogens is 176 g/mol. The molecule has 0 spiro atoms. The van der Waals surface area contributed by atoms with Crippen LogP contribution in [0.15, 0.2) is 18.3 Å². The number of aromatic nitrogens is 2. The number of hydrogen-bond donors (Lipinski definition) is 1. The molecule has 2 atom stereocenters. The van der Waals surface area contributed by atoms with Crippen LogP contribution in [0.5, 0.6) is 0 Å². The minimum Gasteiger partial charge on any atom is -0.354 e. The highest BCUT2D eigenvalue weighted by Crippen LogP contribution is 2.28. The van der Waals surface area contributed by atoms with Gasteiger partial charge in [0.15, 0.2) is 5.82 Å². The molecule has 0 aromatic carbocycles. The monoisotopic (exact) mass is 190 g/mol. The Bertz CT molecular complexity index is 301. The van der Waals surface area contributed by atoms with Crippen molar-refractivity contribution in [2.75, 3.05) is 31.1 Å². The van der Waals surface area contributed by atoms with Gasteiger partial charge in [-0.05, 0) is 24.0 Å². The van der Waals surface area contributed by atoms with E-state index in [9.17, 15) is 0 Å². The van der Waals surface area contributed by atoms with Crippen molar-refractivity contribution in [3.05, 3.63) is 18.3 Å². The van der Waals surface area contributed by atoms with Gasteiger partial charge in [0.1, 0.15) is 0 Å². The van der Waals surface area contributed by atoms with E-state index in [1.165, 1.54) is 13.1 Å². The van der Waals surface area contributed by atoms with E-state index in [2.05, 4.69) is 20.4 Å². The Kier molecular flexibility index (Phi) is 1.87. The van der Waals surface area contributed by atoms with Crippen LogP contribution < -0.4 is 10.2 Å². The Morgan fingerprint density at radius 1 is 1.29 bits per heavy atom. The molecule has 4 nitrogen and oxygen atoms in total. The van der Waals surface area contributed by atoms with E-state index in [0.29, 0.717) is 0 Å². The van der Waals surface area contributed by atoms with Gasteiger partial charge in [-0.15, -0.1) is 5.10 Å². The second-order valence-corrected chi connectivity index (χ2v) is 4.17. The van der Waals surface area contributed by atoms with Gasteiger partial charge in [0.25, 0.3) is 0 Å². The van der Waals surface area contributed by atoms with Crippen LogP contribution in [0, 0.1) is 11.8 Å². The lowest BCUT2D eigenvalue weighted by atomic mass is 10.0. The van der Waals surface area contributed by atoms with Crippen molar-refractivity contribution in [3.8, 4) is 0 Å². The molecule has 0 amide bonds. The van der Waals surface area contributed by atoms with Crippen molar-refractivity contribution in [1.82, 2.24) is 15.5 Å². The molecule has 3 rings (SSSR count). The predicted octanol–water partition coefficient (Wildman–Crippen LogP) is 0.132. The summed E-state index contributed by atoms with van der Waals surface area (Å²) in [6, 6.07) is 4.00. The van der Waals surface area contributed by atoms with Gasteiger partial charge in [-0.25, -0.2) is 0 Å². The van der Waals surface area contributed by atoms with E-state index < -0.39 is 0 Å². The van der Waals surface area contributed by atoms with Crippen LogP contribution in [0.25, 0.3) is 0 Å². The highest BCUT2D eigenvalue weighted by Gasteiger charge is 2.36. The fourth-order valence-corrected chi connectivity index (χ4v) is 2.50. The van der Waals surface area contributed by atoms with Gasteiger partial charge >= 0.3 is 0 Å². The predicted molar refractivity (Wildman–Crippen MR) is 54.1 cm³/mol. The first-order valence-electron chi connectivity index (χ1n) is 5.17. The Hall–Kier alpha value is -1.16. The third-order valence-corrected chi connectivity index (χ3v) is 3.27. The zero-order chi connectivity index (χ0) is 9.38. The van der Waals surface area contributed by atoms with Gasteiger partial charge in [-0.2, -0.15) is 5.10 Å². The quantitative estimate of drug-likeness (QED) is 0.683. The molecule has 1 aromatic rings. The molecule has 14 heavy (non-hydrogen) atoms. The first-order chi connectivity index (χ1) is 6.93. The molecule has 0 aliphatic carbocycles. The van der Waals surface area contributed by atoms with Gasteiger partial charge in [0, 0.05) is 32.4 Å². The Morgan fingerprint density at radius 3 is 2.71 bits per heavy atom. The maximum absolute atomic E-state index is 4.14. The molecular formula is C10H14N4. The second kappa shape index (κ2) is 3.20. The lowest BCUT2D eigenvalue weighted by Crippen LogP contribution is -2.26. The molecule has 2 saturated heterocycles. The highest BCUT2D eigenvalue weighted by atomic mass is 15.3. The largest absolute Gasteiger partial charge is 0.354 e. The van der Waals surface area contributed by atoms with E-state index in [1.807, 2.05) is 12.1 Å². The average Bonchev–Trinajstić information content (AvgIpc) is 2.78. The zero-order valence-corrected chi connectivity index (χ0v) is 8.06. The minimum atomic E-state index is 0.817. The molecule has 3 heterocycles. The zero-order valence-electron chi connectivity index (χ0n) is 8.06. The molecule has 0 unspecified atom stereocenters. The van der Waals surface area contributed by atoms with Crippen LogP contribution in [0.3, 0.4) is 0 Å². The van der Waals surface area contributed by atoms with Gasteiger partial charge < -0.3 is 10.2 Å². The highest BCUT2D eigenvalue weighted by molar-refractivity contribution is 5.38. The van der Waals surface area contributed by atoms with Gasteiger partial charge in [0.2, 0.25) is 0 Å². The summed E-state index contributed by atoms with van der Waals surface area (Å²) < 4.78 is 0. The first kappa shape index (κ1) is 8.17. The fraction of sp³-hybridized carbons (Fsp3) is 0.600. The van der Waals surface area contributed by atoms with Crippen LogP contribution >= 0.6 is 0 Å². The number of hydrogen-bond acceptors (Lipinski definition) is 4. The standard InChI is InChI=1S/C10H14N4/c1-2-10(13-12-3-1)14-6-8-4-11-5-9(8)7-14/h1-3,8-9,11H,4-7H2/t8-,9+. The topological polar surface area (TPSA) is 41.1 Å². The van der Waals surface area contributed by atoms with Crippen LogP contribution in [0.1, 0.15) is 0 Å². The van der Waals surface area contributed by atoms with Crippen molar-refractivity contribution < 1.29 is 0 Å². The summed E-state index contributed by atoms with van der Waals surface area (Å²) in [6.07, 6.45) is 1.72. The normalized spacial score (nSPS) is 30.7. The maximum Gasteiger partial charge on any atom is 0.151 e. The molecule has 4 heteroatoms. The molecule has 1 N–H and O–H groups in total. The molecule has 0 saturated carbocycles. The van der Waals surface area contributed by atoms with Gasteiger partial charge in [0.05, 0.1) is 0 Å².